The maximum Gasteiger partial charge on any atom is 0.0797 e. The molecule has 0 aromatic carbocycles. The normalized spacial score (nSPS) is 9.88. The van der Waals surface area contributed by atoms with E-state index >= 15 is 0 Å². The van der Waals surface area contributed by atoms with E-state index in [0.717, 1.165) is 0 Å². The van der Waals surface area contributed by atoms with Gasteiger partial charge in [-0.3, -0.25) is 0 Å². The zero-order chi connectivity index (χ0) is 6.15. The number of halogens is 3. The molecular weight excluding hydrogens is 461 g/mol. The molecule has 0 unspecified atom stereocenters. The van der Waals surface area contributed by atoms with Gasteiger partial charge < -0.3 is 0 Å². The second-order valence-corrected chi connectivity index (χ2v) is 6.10. The first-order valence-corrected chi connectivity index (χ1v) is 5.91. The molecule has 0 atom stereocenters. The lowest BCUT2D eigenvalue weighted by Crippen LogP contribution is -1.67. The van der Waals surface area contributed by atoms with Gasteiger partial charge in [0, 0.05) is 8.95 Å². The Bertz CT molecular complexity index is 174. The summed E-state index contributed by atoms with van der Waals surface area (Å²) in [7, 11) is 0. The third kappa shape index (κ3) is 1.69. The molecule has 0 bridgehead atoms. The van der Waals surface area contributed by atoms with Crippen molar-refractivity contribution in [1.29, 1.82) is 0 Å². The van der Waals surface area contributed by atoms with E-state index in [0.29, 0.717) is 0 Å². The Kier molecular flexibility index (Phi) is 3.33. The van der Waals surface area contributed by atoms with Gasteiger partial charge >= 0.3 is 0 Å². The summed E-state index contributed by atoms with van der Waals surface area (Å²) in [5.74, 6) is 0. The maximum atomic E-state index is 2.36. The van der Waals surface area contributed by atoms with Crippen molar-refractivity contribution in [1.82, 2.24) is 0 Å². The van der Waals surface area contributed by atoms with Crippen LogP contribution in [0.3, 0.4) is 0 Å². The van der Waals surface area contributed by atoms with Crippen LogP contribution >= 0.6 is 79.1 Å². The minimum Gasteiger partial charge on any atom is -0.135 e. The van der Waals surface area contributed by atoms with Crippen LogP contribution in [-0.4, -0.2) is 0 Å². The summed E-state index contributed by atoms with van der Waals surface area (Å²) >= 11 is 8.86. The van der Waals surface area contributed by atoms with Gasteiger partial charge in [-0.1, -0.05) is 0 Å². The number of rotatable bonds is 0. The molecule has 0 radical (unpaired) electrons. The second kappa shape index (κ2) is 3.33. The predicted octanol–water partition coefficient (Wildman–Crippen LogP) is 3.56. The first-order valence-electron chi connectivity index (χ1n) is 1.80. The Balaban J connectivity index is 3.19. The predicted molar refractivity (Wildman–Crippen MR) is 62.5 cm³/mol. The van der Waals surface area contributed by atoms with Gasteiger partial charge in [0.15, 0.2) is 0 Å². The van der Waals surface area contributed by atoms with E-state index < -0.39 is 0 Å². The molecule has 0 aliphatic heterocycles. The monoisotopic (exact) mass is 462 g/mol. The van der Waals surface area contributed by atoms with Crippen LogP contribution in [0.15, 0.2) is 5.38 Å². The molecule has 0 fully saturated rings. The number of thiophene rings is 1. The zero-order valence-electron chi connectivity index (χ0n) is 3.62. The molecule has 0 aliphatic rings. The van der Waals surface area contributed by atoms with Gasteiger partial charge in [-0.15, -0.1) is 11.3 Å². The summed E-state index contributed by atoms with van der Waals surface area (Å²) in [6, 6.07) is 0. The molecule has 1 aromatic heterocycles. The van der Waals surface area contributed by atoms with E-state index in [1.54, 1.807) is 11.3 Å². The lowest BCUT2D eigenvalue weighted by Gasteiger charge is -1.80. The highest BCUT2D eigenvalue weighted by molar-refractivity contribution is 14.1. The van der Waals surface area contributed by atoms with E-state index in [1.807, 2.05) is 0 Å². The molecule has 0 spiro atoms. The molecule has 0 nitrogen and oxygen atoms in total. The highest BCUT2D eigenvalue weighted by Crippen LogP contribution is 2.26. The van der Waals surface area contributed by atoms with Crippen molar-refractivity contribution in [3.8, 4) is 0 Å². The van der Waals surface area contributed by atoms with Gasteiger partial charge in [-0.25, -0.2) is 0 Å². The van der Waals surface area contributed by atoms with E-state index in [9.17, 15) is 0 Å². The summed E-state index contributed by atoms with van der Waals surface area (Å²) in [4.78, 5) is 0. The van der Waals surface area contributed by atoms with Crippen molar-refractivity contribution in [2.75, 3.05) is 0 Å². The number of hydrogen-bond acceptors (Lipinski definition) is 1. The summed E-state index contributed by atoms with van der Waals surface area (Å²) < 4.78 is 4.17. The molecule has 0 saturated carbocycles. The van der Waals surface area contributed by atoms with Crippen molar-refractivity contribution < 1.29 is 0 Å². The fraction of sp³-hybridized carbons (Fsp3) is 0. The third-order valence-electron chi connectivity index (χ3n) is 0.648. The zero-order valence-corrected chi connectivity index (χ0v) is 10.9. The van der Waals surface area contributed by atoms with Gasteiger partial charge in [0.05, 0.1) is 6.45 Å². The van der Waals surface area contributed by atoms with Gasteiger partial charge in [0.2, 0.25) is 0 Å². The van der Waals surface area contributed by atoms with Crippen LogP contribution in [0.2, 0.25) is 0 Å². The first kappa shape index (κ1) is 7.99. The fourth-order valence-electron chi connectivity index (χ4n) is 0.301. The van der Waals surface area contributed by atoms with Gasteiger partial charge in [-0.2, -0.15) is 0 Å². The quantitative estimate of drug-likeness (QED) is 0.518. The Morgan fingerprint density at radius 1 is 1.25 bits per heavy atom. The standard InChI is InChI=1S/C4HI3S/c5-2-1-8-4(7)3(2)6/h1H. The van der Waals surface area contributed by atoms with Crippen molar-refractivity contribution in [3.63, 3.8) is 0 Å². The molecule has 8 heavy (non-hydrogen) atoms. The summed E-state index contributed by atoms with van der Waals surface area (Å²) in [5, 5.41) is 2.17. The second-order valence-electron chi connectivity index (χ2n) is 1.17. The van der Waals surface area contributed by atoms with Gasteiger partial charge in [-0.05, 0) is 67.8 Å². The molecule has 0 aliphatic carbocycles. The molecule has 1 aromatic rings. The van der Waals surface area contributed by atoms with Crippen molar-refractivity contribution in [2.45, 2.75) is 0 Å². The van der Waals surface area contributed by atoms with Gasteiger partial charge in [0.1, 0.15) is 0 Å². The smallest absolute Gasteiger partial charge is 0.0797 e. The van der Waals surface area contributed by atoms with Crippen LogP contribution in [0.25, 0.3) is 0 Å². The summed E-state index contributed by atoms with van der Waals surface area (Å²) in [6.45, 7) is 0. The van der Waals surface area contributed by atoms with E-state index in [2.05, 4.69) is 73.2 Å². The summed E-state index contributed by atoms with van der Waals surface area (Å²) in [6.07, 6.45) is 0. The minimum atomic E-state index is 1.37. The molecule has 4 heteroatoms. The Labute approximate surface area is 92.9 Å². The average molecular weight is 462 g/mol. The van der Waals surface area contributed by atoms with Crippen LogP contribution in [0, 0.1) is 10.0 Å². The Morgan fingerprint density at radius 2 is 1.88 bits per heavy atom. The molecule has 0 N–H and O–H groups in total. The highest BCUT2D eigenvalue weighted by Gasteiger charge is 2.00. The lowest BCUT2D eigenvalue weighted by molar-refractivity contribution is 1.74. The first-order chi connectivity index (χ1) is 3.72. The van der Waals surface area contributed by atoms with Crippen molar-refractivity contribution in [2.24, 2.45) is 0 Å². The Hall–Kier alpha value is 1.89. The lowest BCUT2D eigenvalue weighted by atomic mass is 10.7. The van der Waals surface area contributed by atoms with Crippen LogP contribution in [0.4, 0.5) is 0 Å². The van der Waals surface area contributed by atoms with Crippen LogP contribution in [0.1, 0.15) is 0 Å². The molecule has 0 amide bonds. The minimum absolute atomic E-state index is 1.37. The molecular formula is C4HI3S. The van der Waals surface area contributed by atoms with Crippen molar-refractivity contribution in [3.05, 3.63) is 15.4 Å². The number of hydrogen-bond donors (Lipinski definition) is 0. The van der Waals surface area contributed by atoms with Crippen molar-refractivity contribution >= 4 is 79.1 Å². The molecule has 1 heterocycles. The summed E-state index contributed by atoms with van der Waals surface area (Å²) in [5.41, 5.74) is 0. The molecule has 0 saturated heterocycles. The average Bonchev–Trinajstić information content (AvgIpc) is 1.98. The SMILES string of the molecule is Ic1csc(I)c1I. The maximum absolute atomic E-state index is 2.36. The van der Waals surface area contributed by atoms with E-state index in [-0.39, 0.29) is 0 Å². The highest BCUT2D eigenvalue weighted by atomic mass is 127. The molecule has 1 rings (SSSR count). The largest absolute Gasteiger partial charge is 0.135 e. The topological polar surface area (TPSA) is 0 Å². The van der Waals surface area contributed by atoms with E-state index in [1.165, 1.54) is 10.0 Å². The van der Waals surface area contributed by atoms with Crippen LogP contribution < -0.4 is 0 Å². The Morgan fingerprint density at radius 3 is 2.00 bits per heavy atom. The van der Waals surface area contributed by atoms with E-state index in [4.69, 9.17) is 0 Å². The fourth-order valence-corrected chi connectivity index (χ4v) is 3.61. The third-order valence-corrected chi connectivity index (χ3v) is 7.54. The van der Waals surface area contributed by atoms with Gasteiger partial charge in [0.25, 0.3) is 0 Å². The van der Waals surface area contributed by atoms with Crippen LogP contribution in [-0.2, 0) is 0 Å². The van der Waals surface area contributed by atoms with Crippen LogP contribution in [0.5, 0.6) is 0 Å². The molecule has 44 valence electrons.